The number of rotatable bonds is 2. The van der Waals surface area contributed by atoms with Crippen molar-refractivity contribution in [2.24, 2.45) is 16.3 Å². The lowest BCUT2D eigenvalue weighted by atomic mass is 9.66. The van der Waals surface area contributed by atoms with Crippen molar-refractivity contribution in [2.45, 2.75) is 58.8 Å². The van der Waals surface area contributed by atoms with E-state index >= 15 is 0 Å². The van der Waals surface area contributed by atoms with Crippen LogP contribution in [0.15, 0.2) is 40.5 Å². The minimum Gasteiger partial charge on any atom is -0.342 e. The fourth-order valence-electron chi connectivity index (χ4n) is 5.11. The molecule has 29 heavy (non-hydrogen) atoms. The molecular weight excluding hydrogens is 384 g/mol. The Morgan fingerprint density at radius 3 is 2.41 bits per heavy atom. The molecule has 0 aromatic heterocycles. The molecule has 1 saturated heterocycles. The fraction of sp³-hybridized carbons (Fsp3) is 0.542. The van der Waals surface area contributed by atoms with Gasteiger partial charge < -0.3 is 4.90 Å². The van der Waals surface area contributed by atoms with Gasteiger partial charge in [0.2, 0.25) is 5.91 Å². The van der Waals surface area contributed by atoms with Gasteiger partial charge in [-0.3, -0.25) is 14.6 Å². The molecule has 1 aliphatic carbocycles. The lowest BCUT2D eigenvalue weighted by Crippen LogP contribution is -2.46. The molecule has 1 aromatic carbocycles. The molecule has 0 saturated carbocycles. The van der Waals surface area contributed by atoms with Crippen LogP contribution in [0.1, 0.15) is 64.4 Å². The molecule has 1 amide bonds. The van der Waals surface area contributed by atoms with Crippen LogP contribution in [0.2, 0.25) is 5.02 Å². The first kappa shape index (κ1) is 20.3. The van der Waals surface area contributed by atoms with Crippen molar-refractivity contribution >= 4 is 29.0 Å². The van der Waals surface area contributed by atoms with Crippen molar-refractivity contribution in [2.75, 3.05) is 13.1 Å². The van der Waals surface area contributed by atoms with Gasteiger partial charge in [0.15, 0.2) is 5.78 Å². The van der Waals surface area contributed by atoms with Crippen molar-refractivity contribution in [1.29, 1.82) is 0 Å². The molecule has 0 N–H and O–H groups in total. The third kappa shape index (κ3) is 3.92. The largest absolute Gasteiger partial charge is 0.342 e. The number of allylic oxidation sites excluding steroid dienone is 2. The molecule has 2 heterocycles. The number of likely N-dealkylation sites (tertiary alicyclic amines) is 1. The molecule has 2 atom stereocenters. The van der Waals surface area contributed by atoms with E-state index in [1.807, 2.05) is 36.1 Å². The maximum absolute atomic E-state index is 13.6. The van der Waals surface area contributed by atoms with E-state index in [9.17, 15) is 9.59 Å². The highest BCUT2D eigenvalue weighted by atomic mass is 35.5. The van der Waals surface area contributed by atoms with Gasteiger partial charge in [-0.2, -0.15) is 0 Å². The SMILES string of the molecule is CC1=NC2=C(C(=O)CC(C)(C)C2)[C@@H](c2ccc(Cl)cc2)C1C(=O)N1CCCCC1. The summed E-state index contributed by atoms with van der Waals surface area (Å²) in [7, 11) is 0. The summed E-state index contributed by atoms with van der Waals surface area (Å²) in [5.74, 6) is -0.463. The number of amides is 1. The van der Waals surface area contributed by atoms with E-state index in [1.54, 1.807) is 0 Å². The summed E-state index contributed by atoms with van der Waals surface area (Å²) < 4.78 is 0. The zero-order valence-electron chi connectivity index (χ0n) is 17.5. The molecule has 1 unspecified atom stereocenters. The lowest BCUT2D eigenvalue weighted by Gasteiger charge is -2.41. The highest BCUT2D eigenvalue weighted by Crippen LogP contribution is 2.48. The Balaban J connectivity index is 1.81. The van der Waals surface area contributed by atoms with Gasteiger partial charge in [-0.15, -0.1) is 0 Å². The molecule has 4 rings (SSSR count). The summed E-state index contributed by atoms with van der Waals surface area (Å²) in [4.78, 5) is 33.7. The molecule has 1 fully saturated rings. The van der Waals surface area contributed by atoms with Gasteiger partial charge in [-0.05, 0) is 55.7 Å². The van der Waals surface area contributed by atoms with E-state index in [0.717, 1.165) is 54.9 Å². The van der Waals surface area contributed by atoms with E-state index in [-0.39, 0.29) is 23.0 Å². The molecule has 154 valence electrons. The summed E-state index contributed by atoms with van der Waals surface area (Å²) in [5.41, 5.74) is 3.30. The van der Waals surface area contributed by atoms with Crippen molar-refractivity contribution < 1.29 is 9.59 Å². The van der Waals surface area contributed by atoms with Crippen LogP contribution >= 0.6 is 11.6 Å². The molecule has 2 aliphatic heterocycles. The first-order chi connectivity index (χ1) is 13.8. The van der Waals surface area contributed by atoms with E-state index in [4.69, 9.17) is 16.6 Å². The quantitative estimate of drug-likeness (QED) is 0.672. The van der Waals surface area contributed by atoms with Crippen LogP contribution in [-0.2, 0) is 9.59 Å². The fourth-order valence-corrected chi connectivity index (χ4v) is 5.23. The van der Waals surface area contributed by atoms with E-state index in [0.29, 0.717) is 11.4 Å². The van der Waals surface area contributed by atoms with Crippen molar-refractivity contribution in [1.82, 2.24) is 4.90 Å². The number of halogens is 1. The molecule has 0 spiro atoms. The Hall–Kier alpha value is -1.94. The predicted octanol–water partition coefficient (Wildman–Crippen LogP) is 5.17. The van der Waals surface area contributed by atoms with Crippen LogP contribution in [-0.4, -0.2) is 35.4 Å². The predicted molar refractivity (Wildman–Crippen MR) is 116 cm³/mol. The molecule has 5 heteroatoms. The van der Waals surface area contributed by atoms with Crippen LogP contribution in [0.4, 0.5) is 0 Å². The average molecular weight is 413 g/mol. The Morgan fingerprint density at radius 1 is 1.10 bits per heavy atom. The second-order valence-electron chi connectivity index (χ2n) is 9.45. The summed E-state index contributed by atoms with van der Waals surface area (Å²) in [5, 5.41) is 0.652. The Bertz CT molecular complexity index is 892. The Kier molecular flexibility index (Phi) is 5.41. The number of Topliss-reactive ketones (excluding diaryl/α,β-unsaturated/α-hetero) is 1. The van der Waals surface area contributed by atoms with Gasteiger partial charge in [0.05, 0.1) is 5.92 Å². The number of ketones is 1. The highest BCUT2D eigenvalue weighted by molar-refractivity contribution is 6.30. The smallest absolute Gasteiger partial charge is 0.232 e. The summed E-state index contributed by atoms with van der Waals surface area (Å²) >= 11 is 6.13. The molecule has 0 radical (unpaired) electrons. The van der Waals surface area contributed by atoms with Crippen molar-refractivity contribution in [3.8, 4) is 0 Å². The number of hydrogen-bond acceptors (Lipinski definition) is 3. The van der Waals surface area contributed by atoms with Gasteiger partial charge in [0, 0.05) is 47.4 Å². The molecular formula is C24H29ClN2O2. The van der Waals surface area contributed by atoms with Gasteiger partial charge in [-0.1, -0.05) is 37.6 Å². The zero-order valence-corrected chi connectivity index (χ0v) is 18.3. The second kappa shape index (κ2) is 7.71. The standard InChI is InChI=1S/C24H29ClN2O2/c1-15-20(23(29)27-11-5-4-6-12-27)21(16-7-9-17(25)10-8-16)22-18(26-15)13-24(2,3)14-19(22)28/h7-10,20-21H,4-6,11-14H2,1-3H3/t20?,21-/m0/s1. The average Bonchev–Trinajstić information content (AvgIpc) is 2.67. The molecule has 3 aliphatic rings. The van der Waals surface area contributed by atoms with Gasteiger partial charge in [0.25, 0.3) is 0 Å². The first-order valence-electron chi connectivity index (χ1n) is 10.6. The molecule has 1 aromatic rings. The number of nitrogens with zero attached hydrogens (tertiary/aromatic N) is 2. The Labute approximate surface area is 178 Å². The monoisotopic (exact) mass is 412 g/mol. The van der Waals surface area contributed by atoms with Crippen molar-refractivity contribution in [3.05, 3.63) is 46.1 Å². The summed E-state index contributed by atoms with van der Waals surface area (Å²) in [6.45, 7) is 7.76. The number of piperidine rings is 1. The maximum atomic E-state index is 13.6. The highest BCUT2D eigenvalue weighted by Gasteiger charge is 2.46. The third-order valence-corrected chi connectivity index (χ3v) is 6.72. The van der Waals surface area contributed by atoms with Crippen LogP contribution in [0.3, 0.4) is 0 Å². The second-order valence-corrected chi connectivity index (χ2v) is 9.88. The lowest BCUT2D eigenvalue weighted by molar-refractivity contribution is -0.134. The minimum absolute atomic E-state index is 0.103. The number of carbonyl (C=O) groups is 2. The Morgan fingerprint density at radius 2 is 1.76 bits per heavy atom. The van der Waals surface area contributed by atoms with Crippen LogP contribution in [0.25, 0.3) is 0 Å². The molecule has 0 bridgehead atoms. The summed E-state index contributed by atoms with van der Waals surface area (Å²) in [6.07, 6.45) is 4.52. The summed E-state index contributed by atoms with van der Waals surface area (Å²) in [6, 6.07) is 7.61. The minimum atomic E-state index is -0.418. The van der Waals surface area contributed by atoms with Gasteiger partial charge in [0.1, 0.15) is 0 Å². The van der Waals surface area contributed by atoms with Crippen molar-refractivity contribution in [3.63, 3.8) is 0 Å². The zero-order chi connectivity index (χ0) is 20.8. The van der Waals surface area contributed by atoms with Crippen LogP contribution < -0.4 is 0 Å². The number of hydrogen-bond donors (Lipinski definition) is 0. The number of benzene rings is 1. The van der Waals surface area contributed by atoms with Crippen LogP contribution in [0.5, 0.6) is 0 Å². The topological polar surface area (TPSA) is 49.7 Å². The third-order valence-electron chi connectivity index (χ3n) is 6.47. The number of aliphatic imine (C=N–C) groups is 1. The maximum Gasteiger partial charge on any atom is 0.232 e. The van der Waals surface area contributed by atoms with Crippen LogP contribution in [0, 0.1) is 11.3 Å². The van der Waals surface area contributed by atoms with E-state index in [2.05, 4.69) is 13.8 Å². The van der Waals surface area contributed by atoms with E-state index < -0.39 is 5.92 Å². The molecule has 4 nitrogen and oxygen atoms in total. The number of carbonyl (C=O) groups excluding carboxylic acids is 2. The normalized spacial score (nSPS) is 26.8. The van der Waals surface area contributed by atoms with Gasteiger partial charge in [-0.25, -0.2) is 0 Å². The van der Waals surface area contributed by atoms with E-state index in [1.165, 1.54) is 6.42 Å². The first-order valence-corrected chi connectivity index (χ1v) is 11.0. The van der Waals surface area contributed by atoms with Gasteiger partial charge >= 0.3 is 0 Å².